The largest absolute Gasteiger partial charge is 0.350 e. The van der Waals surface area contributed by atoms with Gasteiger partial charge in [-0.15, -0.1) is 0 Å². The number of hydrogen-bond acceptors (Lipinski definition) is 4. The van der Waals surface area contributed by atoms with Crippen LogP contribution in [-0.2, 0) is 9.59 Å². The van der Waals surface area contributed by atoms with Gasteiger partial charge >= 0.3 is 0 Å². The zero-order valence-electron chi connectivity index (χ0n) is 25.6. The molecule has 4 rings (SSSR count). The van der Waals surface area contributed by atoms with E-state index in [4.69, 9.17) is 0 Å². The predicted molar refractivity (Wildman–Crippen MR) is 169 cm³/mol. The van der Waals surface area contributed by atoms with Crippen molar-refractivity contribution < 1.29 is 14.4 Å². The molecule has 1 aliphatic heterocycles. The van der Waals surface area contributed by atoms with Crippen molar-refractivity contribution in [3.63, 3.8) is 0 Å². The summed E-state index contributed by atoms with van der Waals surface area (Å²) < 4.78 is 0. The van der Waals surface area contributed by atoms with Gasteiger partial charge in [-0.3, -0.25) is 14.4 Å². The average molecular weight is 571 g/mol. The monoisotopic (exact) mass is 570 g/mol. The SMILES string of the molecule is CCC(CN1CC[C@@](CCC(=O)N(C)[C@@H](C)CC)(CNC(=O)c2ccc3ccccc3c2)NCC1=O)c1ccccc1. The van der Waals surface area contributed by atoms with E-state index in [2.05, 4.69) is 43.5 Å². The lowest BCUT2D eigenvalue weighted by Crippen LogP contribution is -2.54. The summed E-state index contributed by atoms with van der Waals surface area (Å²) in [6.45, 7) is 8.00. The minimum Gasteiger partial charge on any atom is -0.350 e. The molecular formula is C35H46N4O3. The first-order chi connectivity index (χ1) is 20.2. The molecule has 3 atom stereocenters. The summed E-state index contributed by atoms with van der Waals surface area (Å²) in [5.41, 5.74) is 1.24. The van der Waals surface area contributed by atoms with Gasteiger partial charge in [0.1, 0.15) is 0 Å². The highest BCUT2D eigenvalue weighted by molar-refractivity contribution is 5.98. The molecule has 7 nitrogen and oxygen atoms in total. The van der Waals surface area contributed by atoms with Gasteiger partial charge in [-0.1, -0.05) is 74.5 Å². The van der Waals surface area contributed by atoms with Crippen LogP contribution in [0.3, 0.4) is 0 Å². The van der Waals surface area contributed by atoms with Crippen molar-refractivity contribution in [1.29, 1.82) is 0 Å². The summed E-state index contributed by atoms with van der Waals surface area (Å²) in [6, 6.07) is 24.2. The summed E-state index contributed by atoms with van der Waals surface area (Å²) in [6.07, 6.45) is 3.33. The van der Waals surface area contributed by atoms with Crippen LogP contribution in [0.5, 0.6) is 0 Å². The maximum atomic E-state index is 13.3. The summed E-state index contributed by atoms with van der Waals surface area (Å²) >= 11 is 0. The molecule has 3 aromatic carbocycles. The number of amides is 3. The smallest absolute Gasteiger partial charge is 0.251 e. The topological polar surface area (TPSA) is 81.8 Å². The van der Waals surface area contributed by atoms with Gasteiger partial charge in [-0.05, 0) is 61.1 Å². The van der Waals surface area contributed by atoms with Crippen molar-refractivity contribution in [2.75, 3.05) is 33.2 Å². The van der Waals surface area contributed by atoms with E-state index in [0.717, 1.165) is 23.6 Å². The van der Waals surface area contributed by atoms with Crippen LogP contribution >= 0.6 is 0 Å². The van der Waals surface area contributed by atoms with E-state index in [1.807, 2.05) is 72.6 Å². The Balaban J connectivity index is 1.50. The summed E-state index contributed by atoms with van der Waals surface area (Å²) in [7, 11) is 1.85. The second-order valence-corrected chi connectivity index (χ2v) is 11.7. The maximum Gasteiger partial charge on any atom is 0.251 e. The number of nitrogens with zero attached hydrogens (tertiary/aromatic N) is 2. The molecule has 0 aromatic heterocycles. The second-order valence-electron chi connectivity index (χ2n) is 11.7. The van der Waals surface area contributed by atoms with E-state index in [1.165, 1.54) is 5.56 Å². The lowest BCUT2D eigenvalue weighted by atomic mass is 9.88. The van der Waals surface area contributed by atoms with Gasteiger partial charge in [-0.2, -0.15) is 0 Å². The van der Waals surface area contributed by atoms with E-state index in [9.17, 15) is 14.4 Å². The van der Waals surface area contributed by atoms with Gasteiger partial charge < -0.3 is 20.4 Å². The molecule has 42 heavy (non-hydrogen) atoms. The molecule has 7 heteroatoms. The Morgan fingerprint density at radius 1 is 1.00 bits per heavy atom. The second kappa shape index (κ2) is 14.5. The molecule has 3 amide bonds. The lowest BCUT2D eigenvalue weighted by molar-refractivity contribution is -0.132. The third-order valence-electron chi connectivity index (χ3n) is 9.09. The molecule has 0 aliphatic carbocycles. The number of carbonyl (C=O) groups excluding carboxylic acids is 3. The molecule has 224 valence electrons. The fraction of sp³-hybridized carbons (Fsp3) is 0.457. The normalized spacial score (nSPS) is 18.8. The van der Waals surface area contributed by atoms with Crippen molar-refractivity contribution in [2.45, 2.75) is 70.4 Å². The van der Waals surface area contributed by atoms with Crippen LogP contribution in [0.15, 0.2) is 72.8 Å². The van der Waals surface area contributed by atoms with Crippen LogP contribution in [0.25, 0.3) is 10.8 Å². The zero-order valence-corrected chi connectivity index (χ0v) is 25.6. The molecule has 0 spiro atoms. The van der Waals surface area contributed by atoms with E-state index < -0.39 is 5.54 Å². The molecule has 3 aromatic rings. The minimum absolute atomic E-state index is 0.0511. The summed E-state index contributed by atoms with van der Waals surface area (Å²) in [5, 5.41) is 8.74. The number of fused-ring (bicyclic) bond motifs is 1. The predicted octanol–water partition coefficient (Wildman–Crippen LogP) is 5.36. The average Bonchev–Trinajstić information content (AvgIpc) is 3.19. The number of benzene rings is 3. The Bertz CT molecular complexity index is 1360. The number of nitrogens with one attached hydrogen (secondary N) is 2. The van der Waals surface area contributed by atoms with Gasteiger partial charge in [-0.25, -0.2) is 0 Å². The van der Waals surface area contributed by atoms with Crippen molar-refractivity contribution in [3.05, 3.63) is 83.9 Å². The maximum absolute atomic E-state index is 13.3. The highest BCUT2D eigenvalue weighted by atomic mass is 16.2. The van der Waals surface area contributed by atoms with Crippen LogP contribution in [0.4, 0.5) is 0 Å². The molecule has 1 unspecified atom stereocenters. The molecule has 2 N–H and O–H groups in total. The molecule has 0 bridgehead atoms. The Hall–Kier alpha value is -3.71. The molecule has 1 saturated heterocycles. The number of rotatable bonds is 12. The molecule has 0 radical (unpaired) electrons. The lowest BCUT2D eigenvalue weighted by Gasteiger charge is -2.35. The first-order valence-corrected chi connectivity index (χ1v) is 15.4. The van der Waals surface area contributed by atoms with E-state index >= 15 is 0 Å². The van der Waals surface area contributed by atoms with Crippen LogP contribution in [0, 0.1) is 0 Å². The molecule has 1 heterocycles. The first kappa shape index (κ1) is 31.2. The van der Waals surface area contributed by atoms with E-state index in [1.54, 1.807) is 4.90 Å². The molecule has 1 aliphatic rings. The Morgan fingerprint density at radius 2 is 1.71 bits per heavy atom. The third-order valence-corrected chi connectivity index (χ3v) is 9.09. The van der Waals surface area contributed by atoms with Gasteiger partial charge in [0.15, 0.2) is 0 Å². The molecule has 1 fully saturated rings. The van der Waals surface area contributed by atoms with Gasteiger partial charge in [0.25, 0.3) is 5.91 Å². The van der Waals surface area contributed by atoms with Crippen molar-refractivity contribution >= 4 is 28.5 Å². The number of carbonyl (C=O) groups is 3. The van der Waals surface area contributed by atoms with Crippen molar-refractivity contribution in [2.24, 2.45) is 0 Å². The Labute approximate surface area is 250 Å². The quantitative estimate of drug-likeness (QED) is 0.307. The standard InChI is InChI=1S/C35H46N4O3/c1-5-26(3)38(4)32(40)18-19-35(25-36-34(42)31-17-16-29-14-10-11-15-30(29)22-31)20-21-39(33(41)23-37-35)24-27(6-2)28-12-8-7-9-13-28/h7-17,22,26-27,37H,5-6,18-21,23-25H2,1-4H3,(H,36,42)/t26-,27?,35-/m0/s1. The highest BCUT2D eigenvalue weighted by Gasteiger charge is 2.36. The molecule has 0 saturated carbocycles. The summed E-state index contributed by atoms with van der Waals surface area (Å²) in [4.78, 5) is 43.5. The van der Waals surface area contributed by atoms with Crippen LogP contribution in [-0.4, -0.2) is 72.3 Å². The third kappa shape index (κ3) is 7.77. The zero-order chi connectivity index (χ0) is 30.1. The van der Waals surface area contributed by atoms with Crippen LogP contribution in [0.2, 0.25) is 0 Å². The van der Waals surface area contributed by atoms with Gasteiger partial charge in [0.2, 0.25) is 11.8 Å². The van der Waals surface area contributed by atoms with Crippen LogP contribution < -0.4 is 10.6 Å². The van der Waals surface area contributed by atoms with E-state index in [-0.39, 0.29) is 36.2 Å². The first-order valence-electron chi connectivity index (χ1n) is 15.4. The van der Waals surface area contributed by atoms with Crippen molar-refractivity contribution in [3.8, 4) is 0 Å². The molecular weight excluding hydrogens is 524 g/mol. The fourth-order valence-corrected chi connectivity index (χ4v) is 5.77. The van der Waals surface area contributed by atoms with Crippen LogP contribution in [0.1, 0.15) is 74.7 Å². The summed E-state index contributed by atoms with van der Waals surface area (Å²) in [5.74, 6) is 0.220. The van der Waals surface area contributed by atoms with Crippen molar-refractivity contribution in [1.82, 2.24) is 20.4 Å². The fourth-order valence-electron chi connectivity index (χ4n) is 5.77. The van der Waals surface area contributed by atoms with Gasteiger partial charge in [0.05, 0.1) is 6.54 Å². The van der Waals surface area contributed by atoms with Gasteiger partial charge in [0, 0.05) is 56.2 Å². The Kier molecular flexibility index (Phi) is 10.7. The minimum atomic E-state index is -0.586. The number of hydrogen-bond donors (Lipinski definition) is 2. The van der Waals surface area contributed by atoms with E-state index in [0.29, 0.717) is 44.5 Å². The highest BCUT2D eigenvalue weighted by Crippen LogP contribution is 2.26. The Morgan fingerprint density at radius 3 is 2.43 bits per heavy atom.